The summed E-state index contributed by atoms with van der Waals surface area (Å²) in [4.78, 5) is 14.4. The fourth-order valence-electron chi connectivity index (χ4n) is 2.70. The van der Waals surface area contributed by atoms with Crippen LogP contribution in [0.2, 0.25) is 0 Å². The van der Waals surface area contributed by atoms with Gasteiger partial charge in [0.05, 0.1) is 25.7 Å². The van der Waals surface area contributed by atoms with Crippen LogP contribution in [0.4, 0.5) is 0 Å². The molecule has 0 radical (unpaired) electrons. The predicted molar refractivity (Wildman–Crippen MR) is 81.3 cm³/mol. The third-order valence-electron chi connectivity index (χ3n) is 3.78. The van der Waals surface area contributed by atoms with E-state index in [4.69, 9.17) is 9.47 Å². The molecule has 1 aromatic carbocycles. The van der Waals surface area contributed by atoms with Gasteiger partial charge in [0.15, 0.2) is 0 Å². The highest BCUT2D eigenvalue weighted by Crippen LogP contribution is 2.20. The van der Waals surface area contributed by atoms with E-state index < -0.39 is 0 Å². The Kier molecular flexibility index (Phi) is 6.17. The van der Waals surface area contributed by atoms with Crippen molar-refractivity contribution in [2.45, 2.75) is 12.0 Å². The Balaban J connectivity index is 2.03. The van der Waals surface area contributed by atoms with Crippen molar-refractivity contribution in [2.75, 3.05) is 46.9 Å². The zero-order valence-electron chi connectivity index (χ0n) is 12.7. The first-order valence-electron chi connectivity index (χ1n) is 7.36. The number of ether oxygens (including phenoxy) is 2. The average molecular weight is 292 g/mol. The molecule has 1 aromatic rings. The molecule has 0 bridgehead atoms. The second-order valence-electron chi connectivity index (χ2n) is 5.30. The summed E-state index contributed by atoms with van der Waals surface area (Å²) in [5, 5.41) is 3.13. The van der Waals surface area contributed by atoms with E-state index in [9.17, 15) is 4.79 Å². The number of hydrogen-bond acceptors (Lipinski definition) is 5. The molecule has 0 saturated carbocycles. The molecule has 2 unspecified atom stereocenters. The van der Waals surface area contributed by atoms with Gasteiger partial charge in [0, 0.05) is 26.2 Å². The van der Waals surface area contributed by atoms with Gasteiger partial charge in [0.25, 0.3) is 0 Å². The van der Waals surface area contributed by atoms with Crippen LogP contribution in [-0.4, -0.2) is 63.9 Å². The van der Waals surface area contributed by atoms with Crippen molar-refractivity contribution in [3.8, 4) is 0 Å². The van der Waals surface area contributed by atoms with Gasteiger partial charge in [-0.15, -0.1) is 0 Å². The summed E-state index contributed by atoms with van der Waals surface area (Å²) in [5.74, 6) is -0.428. The molecule has 2 rings (SSSR count). The van der Waals surface area contributed by atoms with Gasteiger partial charge in [-0.3, -0.25) is 9.69 Å². The number of nitrogens with zero attached hydrogens (tertiary/aromatic N) is 1. The summed E-state index contributed by atoms with van der Waals surface area (Å²) in [6.07, 6.45) is 0.179. The molecule has 5 nitrogen and oxygen atoms in total. The Morgan fingerprint density at radius 1 is 1.48 bits per heavy atom. The summed E-state index contributed by atoms with van der Waals surface area (Å²) in [5.41, 5.74) is 1.00. The lowest BCUT2D eigenvalue weighted by molar-refractivity contribution is -0.143. The van der Waals surface area contributed by atoms with E-state index >= 15 is 0 Å². The summed E-state index contributed by atoms with van der Waals surface area (Å²) in [6, 6.07) is 9.82. The minimum absolute atomic E-state index is 0.179. The monoisotopic (exact) mass is 292 g/mol. The minimum Gasteiger partial charge on any atom is -0.469 e. The van der Waals surface area contributed by atoms with Gasteiger partial charge in [-0.25, -0.2) is 0 Å². The van der Waals surface area contributed by atoms with E-state index in [1.165, 1.54) is 7.11 Å². The Hall–Kier alpha value is -1.43. The summed E-state index contributed by atoms with van der Waals surface area (Å²) in [7, 11) is 3.37. The number of hydrogen-bond donors (Lipinski definition) is 1. The van der Waals surface area contributed by atoms with Crippen LogP contribution in [0.15, 0.2) is 30.3 Å². The number of morpholine rings is 1. The smallest absolute Gasteiger partial charge is 0.314 e. The normalized spacial score (nSPS) is 21.0. The fourth-order valence-corrected chi connectivity index (χ4v) is 2.70. The van der Waals surface area contributed by atoms with Crippen LogP contribution in [0.5, 0.6) is 0 Å². The maximum absolute atomic E-state index is 12.1. The SMILES string of the molecule is CNCC1CN(CC(C(=O)OC)c2ccccc2)CCO1. The number of carbonyl (C=O) groups excluding carboxylic acids is 1. The van der Waals surface area contributed by atoms with Gasteiger partial charge in [-0.05, 0) is 12.6 Å². The Labute approximate surface area is 126 Å². The van der Waals surface area contributed by atoms with Crippen molar-refractivity contribution in [3.05, 3.63) is 35.9 Å². The number of likely N-dealkylation sites (N-methyl/N-ethyl adjacent to an activating group) is 1. The highest BCUT2D eigenvalue weighted by molar-refractivity contribution is 5.78. The molecule has 21 heavy (non-hydrogen) atoms. The van der Waals surface area contributed by atoms with Crippen molar-refractivity contribution < 1.29 is 14.3 Å². The number of benzene rings is 1. The Morgan fingerprint density at radius 2 is 2.24 bits per heavy atom. The first kappa shape index (κ1) is 15.9. The van der Waals surface area contributed by atoms with E-state index in [-0.39, 0.29) is 18.0 Å². The van der Waals surface area contributed by atoms with Crippen LogP contribution in [-0.2, 0) is 14.3 Å². The molecule has 0 amide bonds. The minimum atomic E-state index is -0.246. The number of esters is 1. The van der Waals surface area contributed by atoms with E-state index in [2.05, 4.69) is 10.2 Å². The predicted octanol–water partition coefficient (Wildman–Crippen LogP) is 0.863. The highest BCUT2D eigenvalue weighted by Gasteiger charge is 2.27. The van der Waals surface area contributed by atoms with Crippen LogP contribution in [0.25, 0.3) is 0 Å². The second-order valence-corrected chi connectivity index (χ2v) is 5.30. The highest BCUT2D eigenvalue weighted by atomic mass is 16.5. The van der Waals surface area contributed by atoms with Gasteiger partial charge in [0.1, 0.15) is 0 Å². The van der Waals surface area contributed by atoms with Crippen molar-refractivity contribution in [2.24, 2.45) is 0 Å². The average Bonchev–Trinajstić information content (AvgIpc) is 2.53. The van der Waals surface area contributed by atoms with Gasteiger partial charge in [-0.2, -0.15) is 0 Å². The molecule has 1 heterocycles. The largest absolute Gasteiger partial charge is 0.469 e. The molecule has 5 heteroatoms. The van der Waals surface area contributed by atoms with E-state index in [1.807, 2.05) is 37.4 Å². The third-order valence-corrected chi connectivity index (χ3v) is 3.78. The summed E-state index contributed by atoms with van der Waals surface area (Å²) in [6.45, 7) is 3.88. The molecule has 1 fully saturated rings. The number of methoxy groups -OCH3 is 1. The lowest BCUT2D eigenvalue weighted by Gasteiger charge is -2.34. The van der Waals surface area contributed by atoms with Gasteiger partial charge < -0.3 is 14.8 Å². The molecular weight excluding hydrogens is 268 g/mol. The first-order chi connectivity index (χ1) is 10.2. The number of carbonyl (C=O) groups is 1. The van der Waals surface area contributed by atoms with E-state index in [0.717, 1.165) is 25.2 Å². The Bertz CT molecular complexity index is 436. The summed E-state index contributed by atoms with van der Waals surface area (Å²) < 4.78 is 10.7. The zero-order valence-corrected chi connectivity index (χ0v) is 12.7. The topological polar surface area (TPSA) is 50.8 Å². The molecule has 1 aliphatic rings. The van der Waals surface area contributed by atoms with Crippen LogP contribution in [0, 0.1) is 0 Å². The fraction of sp³-hybridized carbons (Fsp3) is 0.562. The Morgan fingerprint density at radius 3 is 2.90 bits per heavy atom. The van der Waals surface area contributed by atoms with Crippen LogP contribution in [0.3, 0.4) is 0 Å². The molecule has 1 N–H and O–H groups in total. The standard InChI is InChI=1S/C16H24N2O3/c1-17-10-14-11-18(8-9-21-14)12-15(16(19)20-2)13-6-4-3-5-7-13/h3-7,14-15,17H,8-12H2,1-2H3. The van der Waals surface area contributed by atoms with Crippen molar-refractivity contribution in [1.82, 2.24) is 10.2 Å². The molecule has 2 atom stereocenters. The number of nitrogens with one attached hydrogen (secondary N) is 1. The van der Waals surface area contributed by atoms with E-state index in [0.29, 0.717) is 13.2 Å². The van der Waals surface area contributed by atoms with Gasteiger partial charge >= 0.3 is 5.97 Å². The number of rotatable bonds is 6. The molecule has 0 aromatic heterocycles. The molecule has 1 aliphatic heterocycles. The first-order valence-corrected chi connectivity index (χ1v) is 7.36. The summed E-state index contributed by atoms with van der Waals surface area (Å²) >= 11 is 0. The van der Waals surface area contributed by atoms with Crippen molar-refractivity contribution >= 4 is 5.97 Å². The van der Waals surface area contributed by atoms with Crippen LogP contribution in [0.1, 0.15) is 11.5 Å². The van der Waals surface area contributed by atoms with E-state index in [1.54, 1.807) is 0 Å². The van der Waals surface area contributed by atoms with Crippen molar-refractivity contribution in [3.63, 3.8) is 0 Å². The lowest BCUT2D eigenvalue weighted by atomic mass is 9.98. The molecular formula is C16H24N2O3. The van der Waals surface area contributed by atoms with Gasteiger partial charge in [-0.1, -0.05) is 30.3 Å². The van der Waals surface area contributed by atoms with Gasteiger partial charge in [0.2, 0.25) is 0 Å². The maximum atomic E-state index is 12.1. The zero-order chi connectivity index (χ0) is 15.1. The quantitative estimate of drug-likeness (QED) is 0.788. The maximum Gasteiger partial charge on any atom is 0.314 e. The third kappa shape index (κ3) is 4.52. The lowest BCUT2D eigenvalue weighted by Crippen LogP contribution is -2.48. The molecule has 0 aliphatic carbocycles. The van der Waals surface area contributed by atoms with Crippen molar-refractivity contribution in [1.29, 1.82) is 0 Å². The molecule has 1 saturated heterocycles. The van der Waals surface area contributed by atoms with Crippen LogP contribution < -0.4 is 5.32 Å². The molecule has 116 valence electrons. The second kappa shape index (κ2) is 8.12. The van der Waals surface area contributed by atoms with Crippen LogP contribution >= 0.6 is 0 Å². The molecule has 0 spiro atoms.